The number of hydrogen-bond acceptors (Lipinski definition) is 11. The van der Waals surface area contributed by atoms with Crippen LogP contribution in [0.25, 0.3) is 11.3 Å². The van der Waals surface area contributed by atoms with Crippen LogP contribution in [0.15, 0.2) is 30.5 Å². The number of aliphatic hydroxyl groups is 2. The molecule has 17 heteroatoms. The van der Waals surface area contributed by atoms with E-state index in [1.54, 1.807) is 10.9 Å². The predicted octanol–water partition coefficient (Wildman–Crippen LogP) is 1.11. The summed E-state index contributed by atoms with van der Waals surface area (Å²) in [6, 6.07) is 4.15. The standard InChI is InChI=1S/C24H34F3N5O8S/c1-14(2)10-18(28)23(35)30-41(36,37)39-13-20-22(34)21(33)16(12-38-20)4-3-9-32-11-19(29-31-32)15-5-7-17(8-6-15)40-24(25,26)27/h5-8,11,14,16,18,20-22,33-34H,3-4,9-10,12-13,28H2,1-2H3,(H,30,35)/t16-,18+,20-,21+,22-/m1/s1. The molecular formula is C24H34F3N5O8S. The van der Waals surface area contributed by atoms with Gasteiger partial charge in [0.1, 0.15) is 23.7 Å². The summed E-state index contributed by atoms with van der Waals surface area (Å²) in [5.41, 5.74) is 6.65. The molecule has 5 atom stereocenters. The Kier molecular flexibility index (Phi) is 11.1. The number of ether oxygens (including phenoxy) is 2. The number of aryl methyl sites for hydroxylation is 1. The van der Waals surface area contributed by atoms with Crippen molar-refractivity contribution in [3.8, 4) is 17.0 Å². The van der Waals surface area contributed by atoms with Crippen LogP contribution in [0.4, 0.5) is 13.2 Å². The fraction of sp³-hybridized carbons (Fsp3) is 0.625. The van der Waals surface area contributed by atoms with Gasteiger partial charge in [0.25, 0.3) is 5.91 Å². The SMILES string of the molecule is CC(C)C[C@H](N)C(=O)NS(=O)(=O)OC[C@H]1OC[C@@H](CCCn2cc(-c3ccc(OC(F)(F)F)cc3)nn2)[C@H](O)[C@@H]1O. The summed E-state index contributed by atoms with van der Waals surface area (Å²) in [5.74, 6) is -1.66. The molecule has 1 aliphatic rings. The van der Waals surface area contributed by atoms with Crippen LogP contribution in [-0.4, -0.2) is 83.5 Å². The Bertz CT molecular complexity index is 1240. The number of nitrogens with one attached hydrogen (secondary N) is 1. The molecule has 1 aromatic heterocycles. The molecule has 2 aromatic rings. The number of nitrogens with two attached hydrogens (primary N) is 1. The van der Waals surface area contributed by atoms with Crippen LogP contribution in [0.2, 0.25) is 0 Å². The summed E-state index contributed by atoms with van der Waals surface area (Å²) in [7, 11) is -4.51. The Morgan fingerprint density at radius 1 is 1.24 bits per heavy atom. The highest BCUT2D eigenvalue weighted by Gasteiger charge is 2.39. The van der Waals surface area contributed by atoms with Crippen molar-refractivity contribution < 1.29 is 50.3 Å². The third-order valence-electron chi connectivity index (χ3n) is 6.30. The number of aromatic nitrogens is 3. The zero-order valence-electron chi connectivity index (χ0n) is 22.4. The molecule has 0 spiro atoms. The lowest BCUT2D eigenvalue weighted by Crippen LogP contribution is -2.52. The second-order valence-corrected chi connectivity index (χ2v) is 11.5. The molecule has 2 heterocycles. The quantitative estimate of drug-likeness (QED) is 0.255. The van der Waals surface area contributed by atoms with Crippen LogP contribution in [0.1, 0.15) is 33.1 Å². The van der Waals surface area contributed by atoms with E-state index in [2.05, 4.69) is 15.0 Å². The summed E-state index contributed by atoms with van der Waals surface area (Å²) in [5, 5.41) is 29.0. The minimum absolute atomic E-state index is 0.0207. The first-order valence-corrected chi connectivity index (χ1v) is 14.2. The first-order chi connectivity index (χ1) is 19.1. The van der Waals surface area contributed by atoms with Crippen LogP contribution in [0, 0.1) is 11.8 Å². The second kappa shape index (κ2) is 13.9. The first kappa shape index (κ1) is 32.7. The van der Waals surface area contributed by atoms with Gasteiger partial charge in [0.2, 0.25) is 0 Å². The van der Waals surface area contributed by atoms with Crippen molar-refractivity contribution in [2.75, 3.05) is 13.2 Å². The smallest absolute Gasteiger partial charge is 0.406 e. The van der Waals surface area contributed by atoms with E-state index in [1.165, 1.54) is 28.9 Å². The van der Waals surface area contributed by atoms with Crippen molar-refractivity contribution in [2.24, 2.45) is 17.6 Å². The molecule has 1 amide bonds. The molecule has 13 nitrogen and oxygen atoms in total. The van der Waals surface area contributed by atoms with Crippen LogP contribution in [0.5, 0.6) is 5.75 Å². The lowest BCUT2D eigenvalue weighted by Gasteiger charge is -2.37. The van der Waals surface area contributed by atoms with Crippen LogP contribution >= 0.6 is 0 Å². The Morgan fingerprint density at radius 2 is 1.93 bits per heavy atom. The molecule has 3 rings (SSSR count). The minimum atomic E-state index is -4.78. The number of aliphatic hydroxyl groups excluding tert-OH is 2. The molecule has 5 N–H and O–H groups in total. The lowest BCUT2D eigenvalue weighted by molar-refractivity contribution is -0.274. The molecule has 0 radical (unpaired) electrons. The maximum Gasteiger partial charge on any atom is 0.573 e. The molecule has 1 saturated heterocycles. The van der Waals surface area contributed by atoms with E-state index >= 15 is 0 Å². The topological polar surface area (TPSA) is 188 Å². The van der Waals surface area contributed by atoms with Gasteiger partial charge in [-0.1, -0.05) is 19.1 Å². The van der Waals surface area contributed by atoms with E-state index in [0.717, 1.165) is 0 Å². The number of benzene rings is 1. The molecule has 0 unspecified atom stereocenters. The summed E-state index contributed by atoms with van der Waals surface area (Å²) < 4.78 is 78.6. The molecule has 41 heavy (non-hydrogen) atoms. The Morgan fingerprint density at radius 3 is 2.56 bits per heavy atom. The lowest BCUT2D eigenvalue weighted by atomic mass is 9.89. The van der Waals surface area contributed by atoms with Gasteiger partial charge in [-0.3, -0.25) is 13.7 Å². The zero-order chi connectivity index (χ0) is 30.4. The molecule has 1 aliphatic heterocycles. The van der Waals surface area contributed by atoms with Crippen LogP contribution < -0.4 is 15.2 Å². The molecular weight excluding hydrogens is 575 g/mol. The Labute approximate surface area is 235 Å². The number of alkyl halides is 3. The number of amides is 1. The van der Waals surface area contributed by atoms with Gasteiger partial charge in [0.15, 0.2) is 0 Å². The normalized spacial score (nSPS) is 22.5. The van der Waals surface area contributed by atoms with E-state index < -0.39 is 59.5 Å². The number of halogens is 3. The van der Waals surface area contributed by atoms with E-state index in [9.17, 15) is 36.6 Å². The summed E-state index contributed by atoms with van der Waals surface area (Å²) in [4.78, 5) is 12.0. The fourth-order valence-corrected chi connectivity index (χ4v) is 5.00. The molecule has 1 aromatic carbocycles. The van der Waals surface area contributed by atoms with Crippen LogP contribution in [0.3, 0.4) is 0 Å². The number of hydrogen-bond donors (Lipinski definition) is 4. The predicted molar refractivity (Wildman–Crippen MR) is 137 cm³/mol. The highest BCUT2D eigenvalue weighted by molar-refractivity contribution is 7.85. The molecule has 1 fully saturated rings. The van der Waals surface area contributed by atoms with Crippen LogP contribution in [-0.2, 0) is 30.6 Å². The zero-order valence-corrected chi connectivity index (χ0v) is 23.2. The highest BCUT2D eigenvalue weighted by Crippen LogP contribution is 2.27. The van der Waals surface area contributed by atoms with E-state index in [-0.39, 0.29) is 24.7 Å². The van der Waals surface area contributed by atoms with Crippen molar-refractivity contribution in [3.05, 3.63) is 30.5 Å². The van der Waals surface area contributed by atoms with Crippen molar-refractivity contribution in [3.63, 3.8) is 0 Å². The fourth-order valence-electron chi connectivity index (χ4n) is 4.23. The van der Waals surface area contributed by atoms with E-state index in [1.807, 2.05) is 13.8 Å². The number of rotatable bonds is 13. The summed E-state index contributed by atoms with van der Waals surface area (Å²) >= 11 is 0. The van der Waals surface area contributed by atoms with Crippen molar-refractivity contribution in [2.45, 2.75) is 70.4 Å². The maximum absolute atomic E-state index is 12.3. The molecule has 0 bridgehead atoms. The number of nitrogens with zero attached hydrogens (tertiary/aromatic N) is 3. The maximum atomic E-state index is 12.3. The van der Waals surface area contributed by atoms with Crippen molar-refractivity contribution in [1.82, 2.24) is 19.7 Å². The minimum Gasteiger partial charge on any atom is -0.406 e. The van der Waals surface area contributed by atoms with Gasteiger partial charge in [-0.2, -0.15) is 8.42 Å². The average Bonchev–Trinajstić information content (AvgIpc) is 3.34. The van der Waals surface area contributed by atoms with Gasteiger partial charge in [-0.25, -0.2) is 4.72 Å². The van der Waals surface area contributed by atoms with Gasteiger partial charge in [0.05, 0.1) is 31.6 Å². The van der Waals surface area contributed by atoms with E-state index in [4.69, 9.17) is 14.7 Å². The largest absolute Gasteiger partial charge is 0.573 e. The number of carbonyl (C=O) groups is 1. The third-order valence-corrected chi connectivity index (χ3v) is 7.20. The monoisotopic (exact) mass is 609 g/mol. The molecule has 0 saturated carbocycles. The van der Waals surface area contributed by atoms with Crippen molar-refractivity contribution >= 4 is 16.2 Å². The molecule has 0 aliphatic carbocycles. The summed E-state index contributed by atoms with van der Waals surface area (Å²) in [6.45, 7) is 3.44. The third kappa shape index (κ3) is 10.2. The molecule has 230 valence electrons. The second-order valence-electron chi connectivity index (χ2n) is 10.1. The van der Waals surface area contributed by atoms with Gasteiger partial charge in [-0.05, 0) is 49.4 Å². The average molecular weight is 610 g/mol. The van der Waals surface area contributed by atoms with E-state index in [0.29, 0.717) is 30.6 Å². The van der Waals surface area contributed by atoms with Gasteiger partial charge < -0.3 is 25.4 Å². The van der Waals surface area contributed by atoms with Gasteiger partial charge in [-0.15, -0.1) is 18.3 Å². The Balaban J connectivity index is 1.43. The van der Waals surface area contributed by atoms with Gasteiger partial charge >= 0.3 is 16.7 Å². The summed E-state index contributed by atoms with van der Waals surface area (Å²) in [6.07, 6.45) is -5.77. The van der Waals surface area contributed by atoms with Gasteiger partial charge in [0, 0.05) is 18.0 Å². The number of carbonyl (C=O) groups excluding carboxylic acids is 1. The highest BCUT2D eigenvalue weighted by atomic mass is 32.2. The Hall–Kier alpha value is -2.83. The first-order valence-electron chi connectivity index (χ1n) is 12.8. The van der Waals surface area contributed by atoms with Crippen molar-refractivity contribution in [1.29, 1.82) is 0 Å².